The molecule has 0 bridgehead atoms. The highest BCUT2D eigenvalue weighted by molar-refractivity contribution is 5.95. The van der Waals surface area contributed by atoms with Crippen molar-refractivity contribution in [1.82, 2.24) is 20.0 Å². The molecule has 0 saturated carbocycles. The molecule has 1 saturated heterocycles. The van der Waals surface area contributed by atoms with Crippen LogP contribution in [0.1, 0.15) is 42.5 Å². The molecule has 1 atom stereocenters. The molecule has 5 rings (SSSR count). The second kappa shape index (κ2) is 9.19. The second-order valence-electron chi connectivity index (χ2n) is 8.33. The first-order valence-electron chi connectivity index (χ1n) is 11.4. The number of fused-ring (bicyclic) bond motifs is 1. The Hall–Kier alpha value is -3.46. The van der Waals surface area contributed by atoms with E-state index < -0.39 is 0 Å². The highest BCUT2D eigenvalue weighted by Gasteiger charge is 2.33. The van der Waals surface area contributed by atoms with Crippen molar-refractivity contribution in [3.63, 3.8) is 0 Å². The topological polar surface area (TPSA) is 94.4 Å². The third-order valence-corrected chi connectivity index (χ3v) is 6.05. The van der Waals surface area contributed by atoms with Crippen LogP contribution in [0.15, 0.2) is 36.4 Å². The van der Waals surface area contributed by atoms with Crippen LogP contribution in [0.5, 0.6) is 5.75 Å². The predicted molar refractivity (Wildman–Crippen MR) is 124 cm³/mol. The van der Waals surface area contributed by atoms with Gasteiger partial charge in [0.1, 0.15) is 11.6 Å². The van der Waals surface area contributed by atoms with Crippen LogP contribution < -0.4 is 15.0 Å². The zero-order valence-electron chi connectivity index (χ0n) is 19.0. The summed E-state index contributed by atoms with van der Waals surface area (Å²) in [6.07, 6.45) is 1.33. The fourth-order valence-corrected chi connectivity index (χ4v) is 4.41. The number of hydrogen-bond donors (Lipinski definition) is 1. The molecule has 1 fully saturated rings. The number of anilines is 2. The van der Waals surface area contributed by atoms with Gasteiger partial charge in [0.15, 0.2) is 11.6 Å². The number of amides is 1. The molecule has 172 valence electrons. The van der Waals surface area contributed by atoms with Gasteiger partial charge in [0.2, 0.25) is 5.91 Å². The van der Waals surface area contributed by atoms with E-state index in [9.17, 15) is 4.79 Å². The summed E-state index contributed by atoms with van der Waals surface area (Å²) < 4.78 is 12.8. The monoisotopic (exact) mass is 448 g/mol. The van der Waals surface area contributed by atoms with Gasteiger partial charge in [-0.05, 0) is 43.2 Å². The Balaban J connectivity index is 1.45. The zero-order valence-corrected chi connectivity index (χ0v) is 19.0. The van der Waals surface area contributed by atoms with Crippen LogP contribution in [0.4, 0.5) is 11.6 Å². The first kappa shape index (κ1) is 21.4. The minimum atomic E-state index is -0.0803. The molecule has 33 heavy (non-hydrogen) atoms. The number of benzene rings is 1. The molecule has 0 spiro atoms. The molecule has 9 heteroatoms. The van der Waals surface area contributed by atoms with Crippen LogP contribution in [-0.2, 0) is 9.53 Å². The molecule has 3 aromatic rings. The van der Waals surface area contributed by atoms with Crippen LogP contribution in [0.3, 0.4) is 0 Å². The lowest BCUT2D eigenvalue weighted by Gasteiger charge is -2.27. The van der Waals surface area contributed by atoms with Crippen molar-refractivity contribution in [3.8, 4) is 11.6 Å². The maximum Gasteiger partial charge on any atom is 0.226 e. The SMILES string of the molecule is CCCOc1ccc([C@H]2CC(=O)Nc3c2c(C)nn3-c2ccc(N3CCOCC3)nn2)cc1. The van der Waals surface area contributed by atoms with Crippen LogP contribution in [0, 0.1) is 6.92 Å². The second-order valence-corrected chi connectivity index (χ2v) is 8.33. The molecule has 2 aliphatic heterocycles. The first-order valence-corrected chi connectivity index (χ1v) is 11.4. The molecule has 1 aromatic carbocycles. The highest BCUT2D eigenvalue weighted by Crippen LogP contribution is 2.40. The number of morpholine rings is 1. The molecule has 2 aromatic heterocycles. The van der Waals surface area contributed by atoms with Gasteiger partial charge in [-0.25, -0.2) is 0 Å². The van der Waals surface area contributed by atoms with Gasteiger partial charge in [0.25, 0.3) is 0 Å². The van der Waals surface area contributed by atoms with E-state index in [0.29, 0.717) is 37.9 Å². The number of rotatable bonds is 6. The van der Waals surface area contributed by atoms with Crippen LogP contribution >= 0.6 is 0 Å². The van der Waals surface area contributed by atoms with Crippen molar-refractivity contribution in [1.29, 1.82) is 0 Å². The molecule has 1 N–H and O–H groups in total. The third-order valence-electron chi connectivity index (χ3n) is 6.05. The fourth-order valence-electron chi connectivity index (χ4n) is 4.41. The van der Waals surface area contributed by atoms with E-state index in [0.717, 1.165) is 47.9 Å². The summed E-state index contributed by atoms with van der Waals surface area (Å²) in [7, 11) is 0. The first-order chi connectivity index (χ1) is 16.1. The Labute approximate surface area is 192 Å². The number of aryl methyl sites for hydroxylation is 1. The Morgan fingerprint density at radius 1 is 1.09 bits per heavy atom. The van der Waals surface area contributed by atoms with E-state index in [1.807, 2.05) is 43.3 Å². The van der Waals surface area contributed by atoms with E-state index in [1.165, 1.54) is 0 Å². The average Bonchev–Trinajstić information content (AvgIpc) is 3.19. The fraction of sp³-hybridized carbons (Fsp3) is 0.417. The number of carbonyl (C=O) groups excluding carboxylic acids is 1. The lowest BCUT2D eigenvalue weighted by molar-refractivity contribution is -0.116. The highest BCUT2D eigenvalue weighted by atomic mass is 16.5. The van der Waals surface area contributed by atoms with Crippen molar-refractivity contribution in [2.75, 3.05) is 43.1 Å². The Kier molecular flexibility index (Phi) is 5.95. The summed E-state index contributed by atoms with van der Waals surface area (Å²) in [5.74, 6) is 2.76. The smallest absolute Gasteiger partial charge is 0.226 e. The quantitative estimate of drug-likeness (QED) is 0.619. The van der Waals surface area contributed by atoms with Gasteiger partial charge in [-0.1, -0.05) is 19.1 Å². The van der Waals surface area contributed by atoms with Crippen molar-refractivity contribution in [2.24, 2.45) is 0 Å². The molecule has 0 aliphatic carbocycles. The number of nitrogens with one attached hydrogen (secondary N) is 1. The maximum absolute atomic E-state index is 12.6. The van der Waals surface area contributed by atoms with Crippen LogP contribution in [-0.4, -0.2) is 58.8 Å². The summed E-state index contributed by atoms with van der Waals surface area (Å²) in [4.78, 5) is 14.8. The molecule has 0 unspecified atom stereocenters. The molecular formula is C24H28N6O3. The normalized spacial score (nSPS) is 18.1. The van der Waals surface area contributed by atoms with E-state index in [2.05, 4.69) is 27.3 Å². The number of aromatic nitrogens is 4. The largest absolute Gasteiger partial charge is 0.494 e. The minimum Gasteiger partial charge on any atom is -0.494 e. The third kappa shape index (κ3) is 4.28. The van der Waals surface area contributed by atoms with Crippen molar-refractivity contribution in [3.05, 3.63) is 53.2 Å². The van der Waals surface area contributed by atoms with Gasteiger partial charge in [-0.15, -0.1) is 10.2 Å². The van der Waals surface area contributed by atoms with Crippen LogP contribution in [0.2, 0.25) is 0 Å². The minimum absolute atomic E-state index is 0.0437. The number of ether oxygens (including phenoxy) is 2. The number of carbonyl (C=O) groups is 1. The van der Waals surface area contributed by atoms with E-state index >= 15 is 0 Å². The van der Waals surface area contributed by atoms with Gasteiger partial charge < -0.3 is 19.7 Å². The van der Waals surface area contributed by atoms with Crippen LogP contribution in [0.25, 0.3) is 5.82 Å². The average molecular weight is 449 g/mol. The molecule has 4 heterocycles. The van der Waals surface area contributed by atoms with E-state index in [1.54, 1.807) is 4.68 Å². The molecule has 9 nitrogen and oxygen atoms in total. The summed E-state index contributed by atoms with van der Waals surface area (Å²) in [6.45, 7) is 7.70. The van der Waals surface area contributed by atoms with Gasteiger partial charge in [0.05, 0.1) is 25.5 Å². The summed E-state index contributed by atoms with van der Waals surface area (Å²) in [6, 6.07) is 11.8. The van der Waals surface area contributed by atoms with E-state index in [4.69, 9.17) is 14.6 Å². The lowest BCUT2D eigenvalue weighted by Crippen LogP contribution is -2.36. The van der Waals surface area contributed by atoms with Gasteiger partial charge in [-0.3, -0.25) is 4.79 Å². The zero-order chi connectivity index (χ0) is 22.8. The standard InChI is InChI=1S/C24H28N6O3/c1-3-12-33-18-6-4-17(5-7-18)19-15-22(31)25-24-23(19)16(2)28-30(24)21-9-8-20(26-27-21)29-10-13-32-14-11-29/h4-9,19H,3,10-15H2,1-2H3,(H,25,31)/t19-/m1/s1. The van der Waals surface area contributed by atoms with Crippen molar-refractivity contribution in [2.45, 2.75) is 32.6 Å². The molecule has 2 aliphatic rings. The Bertz CT molecular complexity index is 1120. The van der Waals surface area contributed by atoms with Gasteiger partial charge >= 0.3 is 0 Å². The molecule has 1 amide bonds. The van der Waals surface area contributed by atoms with Crippen molar-refractivity contribution < 1.29 is 14.3 Å². The summed E-state index contributed by atoms with van der Waals surface area (Å²) in [5, 5.41) is 16.5. The maximum atomic E-state index is 12.6. The Morgan fingerprint density at radius 2 is 1.82 bits per heavy atom. The van der Waals surface area contributed by atoms with Gasteiger partial charge in [0, 0.05) is 31.0 Å². The number of nitrogens with zero attached hydrogens (tertiary/aromatic N) is 5. The Morgan fingerprint density at radius 3 is 2.52 bits per heavy atom. The predicted octanol–water partition coefficient (Wildman–Crippen LogP) is 3.07. The summed E-state index contributed by atoms with van der Waals surface area (Å²) in [5.41, 5.74) is 2.93. The van der Waals surface area contributed by atoms with Gasteiger partial charge in [-0.2, -0.15) is 9.78 Å². The molecular weight excluding hydrogens is 420 g/mol. The van der Waals surface area contributed by atoms with E-state index in [-0.39, 0.29) is 11.8 Å². The molecule has 0 radical (unpaired) electrons. The summed E-state index contributed by atoms with van der Waals surface area (Å²) >= 11 is 0. The lowest BCUT2D eigenvalue weighted by atomic mass is 9.86. The number of hydrogen-bond acceptors (Lipinski definition) is 7. The van der Waals surface area contributed by atoms with Crippen molar-refractivity contribution >= 4 is 17.5 Å².